The maximum atomic E-state index is 12.5. The second-order valence-electron chi connectivity index (χ2n) is 6.03. The normalized spacial score (nSPS) is 19.1. The molecule has 0 radical (unpaired) electrons. The molecule has 1 aromatic rings. The number of ether oxygens (including phenoxy) is 1. The highest BCUT2D eigenvalue weighted by Crippen LogP contribution is 2.41. The summed E-state index contributed by atoms with van der Waals surface area (Å²) >= 11 is 0. The smallest absolute Gasteiger partial charge is 0.267 e. The fraction of sp³-hybridized carbons (Fsp3) is 0.471. The zero-order valence-corrected chi connectivity index (χ0v) is 13.4. The SMILES string of the molecule is COc1ccc([C@H](NC(=O)C2=NN(C)C(=O)CC2)C2CC2)cc1. The summed E-state index contributed by atoms with van der Waals surface area (Å²) in [5.74, 6) is 1.02. The molecule has 2 amide bonds. The van der Waals surface area contributed by atoms with E-state index in [0.29, 0.717) is 24.5 Å². The number of hydrogen-bond acceptors (Lipinski definition) is 4. The number of hydrogen-bond donors (Lipinski definition) is 1. The quantitative estimate of drug-likeness (QED) is 0.901. The standard InChI is InChI=1S/C17H21N3O3/c1-20-15(21)10-9-14(19-20)17(22)18-16(11-3-4-11)12-5-7-13(23-2)8-6-12/h5-8,11,16H,3-4,9-10H2,1-2H3,(H,18,22)/t16-/m1/s1. The summed E-state index contributed by atoms with van der Waals surface area (Å²) in [5, 5.41) is 8.42. The molecular weight excluding hydrogens is 294 g/mol. The first-order valence-electron chi connectivity index (χ1n) is 7.87. The summed E-state index contributed by atoms with van der Waals surface area (Å²) in [5.41, 5.74) is 1.49. The maximum absolute atomic E-state index is 12.5. The molecule has 0 spiro atoms. The van der Waals surface area contributed by atoms with Crippen LogP contribution in [0.15, 0.2) is 29.4 Å². The molecule has 0 unspecified atom stereocenters. The number of amides is 2. The molecule has 3 rings (SSSR count). The molecule has 1 fully saturated rings. The Balaban J connectivity index is 1.73. The van der Waals surface area contributed by atoms with Crippen LogP contribution in [-0.4, -0.2) is 36.7 Å². The zero-order chi connectivity index (χ0) is 16.4. The third-order valence-corrected chi connectivity index (χ3v) is 4.32. The average molecular weight is 315 g/mol. The highest BCUT2D eigenvalue weighted by molar-refractivity contribution is 6.39. The van der Waals surface area contributed by atoms with Crippen LogP contribution in [0.1, 0.15) is 37.3 Å². The Morgan fingerprint density at radius 3 is 2.57 bits per heavy atom. The Bertz CT molecular complexity index is 635. The van der Waals surface area contributed by atoms with Crippen molar-refractivity contribution >= 4 is 17.5 Å². The van der Waals surface area contributed by atoms with E-state index in [2.05, 4.69) is 10.4 Å². The van der Waals surface area contributed by atoms with Crippen LogP contribution in [0.2, 0.25) is 0 Å². The van der Waals surface area contributed by atoms with Crippen molar-refractivity contribution in [3.05, 3.63) is 29.8 Å². The van der Waals surface area contributed by atoms with E-state index in [1.54, 1.807) is 14.2 Å². The topological polar surface area (TPSA) is 71.0 Å². The van der Waals surface area contributed by atoms with Crippen LogP contribution < -0.4 is 10.1 Å². The van der Waals surface area contributed by atoms with Gasteiger partial charge >= 0.3 is 0 Å². The minimum atomic E-state index is -0.183. The minimum Gasteiger partial charge on any atom is -0.497 e. The maximum Gasteiger partial charge on any atom is 0.267 e. The molecular formula is C17H21N3O3. The molecule has 23 heavy (non-hydrogen) atoms. The summed E-state index contributed by atoms with van der Waals surface area (Å²) in [7, 11) is 3.21. The Morgan fingerprint density at radius 2 is 2.00 bits per heavy atom. The number of carbonyl (C=O) groups is 2. The van der Waals surface area contributed by atoms with Gasteiger partial charge in [-0.2, -0.15) is 5.10 Å². The van der Waals surface area contributed by atoms with Gasteiger partial charge in [0.25, 0.3) is 5.91 Å². The molecule has 6 heteroatoms. The summed E-state index contributed by atoms with van der Waals surface area (Å²) in [4.78, 5) is 23.9. The van der Waals surface area contributed by atoms with Gasteiger partial charge in [0.2, 0.25) is 5.91 Å². The second-order valence-corrected chi connectivity index (χ2v) is 6.03. The highest BCUT2D eigenvalue weighted by atomic mass is 16.5. The number of nitrogens with one attached hydrogen (secondary N) is 1. The first-order chi connectivity index (χ1) is 11.1. The highest BCUT2D eigenvalue weighted by Gasteiger charge is 2.34. The molecule has 122 valence electrons. The third-order valence-electron chi connectivity index (χ3n) is 4.32. The van der Waals surface area contributed by atoms with Crippen molar-refractivity contribution in [3.8, 4) is 5.75 Å². The van der Waals surface area contributed by atoms with Crippen LogP contribution >= 0.6 is 0 Å². The van der Waals surface area contributed by atoms with Crippen molar-refractivity contribution in [2.75, 3.05) is 14.2 Å². The Kier molecular flexibility index (Phi) is 4.32. The number of hydrazone groups is 1. The van der Waals surface area contributed by atoms with Gasteiger partial charge in [0, 0.05) is 19.9 Å². The molecule has 1 aliphatic heterocycles. The van der Waals surface area contributed by atoms with Crippen molar-refractivity contribution in [2.24, 2.45) is 11.0 Å². The molecule has 2 aliphatic rings. The van der Waals surface area contributed by atoms with Crippen molar-refractivity contribution in [1.82, 2.24) is 10.3 Å². The fourth-order valence-corrected chi connectivity index (χ4v) is 2.77. The lowest BCUT2D eigenvalue weighted by atomic mass is 10.0. The molecule has 1 aromatic carbocycles. The largest absolute Gasteiger partial charge is 0.497 e. The summed E-state index contributed by atoms with van der Waals surface area (Å²) < 4.78 is 5.18. The van der Waals surface area contributed by atoms with E-state index in [1.165, 1.54) is 5.01 Å². The van der Waals surface area contributed by atoms with Gasteiger partial charge in [-0.05, 0) is 36.5 Å². The van der Waals surface area contributed by atoms with Crippen LogP contribution in [0, 0.1) is 5.92 Å². The predicted octanol–water partition coefficient (Wildman–Crippen LogP) is 1.87. The van der Waals surface area contributed by atoms with Gasteiger partial charge in [0.05, 0.1) is 13.2 Å². The van der Waals surface area contributed by atoms with Gasteiger partial charge in [0.15, 0.2) is 0 Å². The zero-order valence-electron chi connectivity index (χ0n) is 13.4. The van der Waals surface area contributed by atoms with E-state index in [4.69, 9.17) is 4.74 Å². The Labute approximate surface area is 135 Å². The van der Waals surface area contributed by atoms with Gasteiger partial charge < -0.3 is 10.1 Å². The van der Waals surface area contributed by atoms with Crippen LogP contribution in [0.25, 0.3) is 0 Å². The van der Waals surface area contributed by atoms with Crippen molar-refractivity contribution in [2.45, 2.75) is 31.7 Å². The van der Waals surface area contributed by atoms with Gasteiger partial charge in [-0.1, -0.05) is 12.1 Å². The number of carbonyl (C=O) groups excluding carboxylic acids is 2. The molecule has 1 saturated carbocycles. The monoisotopic (exact) mass is 315 g/mol. The third kappa shape index (κ3) is 3.52. The number of rotatable bonds is 5. The number of methoxy groups -OCH3 is 1. The predicted molar refractivity (Wildman–Crippen MR) is 86.0 cm³/mol. The van der Waals surface area contributed by atoms with E-state index >= 15 is 0 Å². The molecule has 1 atom stereocenters. The lowest BCUT2D eigenvalue weighted by Gasteiger charge is -2.22. The molecule has 1 N–H and O–H groups in total. The number of nitrogens with zero attached hydrogens (tertiary/aromatic N) is 2. The van der Waals surface area contributed by atoms with Crippen LogP contribution in [0.5, 0.6) is 5.75 Å². The van der Waals surface area contributed by atoms with Crippen LogP contribution in [-0.2, 0) is 9.59 Å². The number of benzene rings is 1. The first-order valence-corrected chi connectivity index (χ1v) is 7.87. The molecule has 1 heterocycles. The van der Waals surface area contributed by atoms with E-state index in [9.17, 15) is 9.59 Å². The minimum absolute atomic E-state index is 0.0148. The average Bonchev–Trinajstić information content (AvgIpc) is 3.40. The summed E-state index contributed by atoms with van der Waals surface area (Å²) in [6.45, 7) is 0. The van der Waals surface area contributed by atoms with Crippen molar-refractivity contribution < 1.29 is 14.3 Å². The van der Waals surface area contributed by atoms with Gasteiger partial charge in [0.1, 0.15) is 11.5 Å². The first kappa shape index (κ1) is 15.5. The molecule has 0 saturated heterocycles. The van der Waals surface area contributed by atoms with Gasteiger partial charge in [-0.3, -0.25) is 9.59 Å². The Morgan fingerprint density at radius 1 is 1.30 bits per heavy atom. The van der Waals surface area contributed by atoms with Gasteiger partial charge in [-0.25, -0.2) is 5.01 Å². The molecule has 1 aliphatic carbocycles. The molecule has 0 bridgehead atoms. The lowest BCUT2D eigenvalue weighted by molar-refractivity contribution is -0.130. The van der Waals surface area contributed by atoms with Crippen LogP contribution in [0.4, 0.5) is 0 Å². The van der Waals surface area contributed by atoms with Crippen molar-refractivity contribution in [3.63, 3.8) is 0 Å². The Hall–Kier alpha value is -2.37. The van der Waals surface area contributed by atoms with E-state index in [0.717, 1.165) is 24.2 Å². The fourth-order valence-electron chi connectivity index (χ4n) is 2.77. The van der Waals surface area contributed by atoms with Crippen molar-refractivity contribution in [1.29, 1.82) is 0 Å². The van der Waals surface area contributed by atoms with Gasteiger partial charge in [-0.15, -0.1) is 0 Å². The second kappa shape index (κ2) is 6.40. The van der Waals surface area contributed by atoms with E-state index < -0.39 is 0 Å². The van der Waals surface area contributed by atoms with E-state index in [1.807, 2.05) is 24.3 Å². The molecule has 0 aromatic heterocycles. The summed E-state index contributed by atoms with van der Waals surface area (Å²) in [6.07, 6.45) is 2.96. The van der Waals surface area contributed by atoms with Crippen LogP contribution in [0.3, 0.4) is 0 Å². The lowest BCUT2D eigenvalue weighted by Crippen LogP contribution is -2.39. The van der Waals surface area contributed by atoms with E-state index in [-0.39, 0.29) is 17.9 Å². The summed E-state index contributed by atoms with van der Waals surface area (Å²) in [6, 6.07) is 7.77. The molecule has 6 nitrogen and oxygen atoms in total.